The molecule has 0 radical (unpaired) electrons. The Balaban J connectivity index is 2.16. The van der Waals surface area contributed by atoms with Crippen molar-refractivity contribution in [3.63, 3.8) is 0 Å². The average molecular weight is 176 g/mol. The number of aliphatic carboxylic acids is 1. The summed E-state index contributed by atoms with van der Waals surface area (Å²) < 4.78 is 0. The summed E-state index contributed by atoms with van der Waals surface area (Å²) in [6.07, 6.45) is 0.804. The maximum absolute atomic E-state index is 10.6. The fourth-order valence-corrected chi connectivity index (χ4v) is 1.74. The summed E-state index contributed by atoms with van der Waals surface area (Å²) in [5.41, 5.74) is 2.38. The number of carboxylic acid groups (broad SMARTS) is 1. The van der Waals surface area contributed by atoms with Crippen LogP contribution in [0.15, 0.2) is 24.3 Å². The Kier molecular flexibility index (Phi) is 1.83. The SMILES string of the molecule is Cc1cccc(C2C[C@@H]2C(=O)O)c1. The summed E-state index contributed by atoms with van der Waals surface area (Å²) in [5.74, 6) is -0.536. The van der Waals surface area contributed by atoms with Crippen LogP contribution in [0, 0.1) is 12.8 Å². The van der Waals surface area contributed by atoms with Gasteiger partial charge < -0.3 is 5.11 Å². The van der Waals surface area contributed by atoms with Crippen molar-refractivity contribution in [3.8, 4) is 0 Å². The predicted molar refractivity (Wildman–Crippen MR) is 49.7 cm³/mol. The van der Waals surface area contributed by atoms with E-state index in [1.807, 2.05) is 25.1 Å². The van der Waals surface area contributed by atoms with Crippen LogP contribution in [0.5, 0.6) is 0 Å². The van der Waals surface area contributed by atoms with Crippen LogP contribution in [0.3, 0.4) is 0 Å². The minimum atomic E-state index is -0.661. The van der Waals surface area contributed by atoms with Crippen LogP contribution in [0.2, 0.25) is 0 Å². The van der Waals surface area contributed by atoms with Crippen LogP contribution >= 0.6 is 0 Å². The first-order valence-electron chi connectivity index (χ1n) is 4.48. The zero-order valence-corrected chi connectivity index (χ0v) is 7.53. The number of aryl methyl sites for hydroxylation is 1. The van der Waals surface area contributed by atoms with Gasteiger partial charge in [-0.25, -0.2) is 0 Å². The first-order valence-corrected chi connectivity index (χ1v) is 4.48. The number of carbonyl (C=O) groups is 1. The maximum atomic E-state index is 10.6. The number of hydrogen-bond donors (Lipinski definition) is 1. The minimum Gasteiger partial charge on any atom is -0.481 e. The molecule has 0 saturated heterocycles. The summed E-state index contributed by atoms with van der Waals surface area (Å²) in [4.78, 5) is 10.6. The van der Waals surface area contributed by atoms with Gasteiger partial charge in [-0.3, -0.25) is 4.79 Å². The van der Waals surface area contributed by atoms with E-state index in [-0.39, 0.29) is 11.8 Å². The molecule has 0 spiro atoms. The molecule has 2 rings (SSSR count). The van der Waals surface area contributed by atoms with Crippen LogP contribution in [0.4, 0.5) is 0 Å². The molecule has 0 aliphatic heterocycles. The van der Waals surface area contributed by atoms with E-state index in [0.717, 1.165) is 6.42 Å². The van der Waals surface area contributed by atoms with Gasteiger partial charge in [-0.2, -0.15) is 0 Å². The lowest BCUT2D eigenvalue weighted by molar-refractivity contribution is -0.138. The van der Waals surface area contributed by atoms with E-state index in [1.54, 1.807) is 0 Å². The Morgan fingerprint density at radius 1 is 1.54 bits per heavy atom. The highest BCUT2D eigenvalue weighted by molar-refractivity contribution is 5.75. The monoisotopic (exact) mass is 176 g/mol. The van der Waals surface area contributed by atoms with Gasteiger partial charge in [0, 0.05) is 0 Å². The third-order valence-electron chi connectivity index (χ3n) is 2.58. The molecule has 1 aliphatic carbocycles. The Labute approximate surface area is 77.2 Å². The van der Waals surface area contributed by atoms with E-state index < -0.39 is 5.97 Å². The highest BCUT2D eigenvalue weighted by Gasteiger charge is 2.43. The van der Waals surface area contributed by atoms with Crippen molar-refractivity contribution in [2.24, 2.45) is 5.92 Å². The van der Waals surface area contributed by atoms with Gasteiger partial charge in [0.05, 0.1) is 5.92 Å². The first-order chi connectivity index (χ1) is 6.18. The molecule has 13 heavy (non-hydrogen) atoms. The van der Waals surface area contributed by atoms with Crippen LogP contribution in [0.1, 0.15) is 23.5 Å². The third-order valence-corrected chi connectivity index (χ3v) is 2.58. The van der Waals surface area contributed by atoms with Gasteiger partial charge in [0.15, 0.2) is 0 Å². The van der Waals surface area contributed by atoms with Gasteiger partial charge in [-0.05, 0) is 24.8 Å². The average Bonchev–Trinajstić information content (AvgIpc) is 2.82. The summed E-state index contributed by atoms with van der Waals surface area (Å²) in [7, 11) is 0. The number of rotatable bonds is 2. The van der Waals surface area contributed by atoms with Crippen LogP contribution < -0.4 is 0 Å². The van der Waals surface area contributed by atoms with Crippen molar-refractivity contribution in [2.75, 3.05) is 0 Å². The van der Waals surface area contributed by atoms with E-state index in [1.165, 1.54) is 11.1 Å². The fraction of sp³-hybridized carbons (Fsp3) is 0.364. The van der Waals surface area contributed by atoms with Gasteiger partial charge in [-0.1, -0.05) is 29.8 Å². The molecule has 1 aliphatic rings. The molecule has 1 unspecified atom stereocenters. The molecule has 0 aromatic heterocycles. The molecule has 68 valence electrons. The van der Waals surface area contributed by atoms with Crippen LogP contribution in [-0.4, -0.2) is 11.1 Å². The summed E-state index contributed by atoms with van der Waals surface area (Å²) in [6, 6.07) is 8.11. The summed E-state index contributed by atoms with van der Waals surface area (Å²) in [6.45, 7) is 2.03. The Morgan fingerprint density at radius 2 is 2.31 bits per heavy atom. The summed E-state index contributed by atoms with van der Waals surface area (Å²) in [5, 5.41) is 8.75. The molecular weight excluding hydrogens is 164 g/mol. The fourth-order valence-electron chi connectivity index (χ4n) is 1.74. The molecule has 1 saturated carbocycles. The molecule has 0 bridgehead atoms. The highest BCUT2D eigenvalue weighted by atomic mass is 16.4. The predicted octanol–water partition coefficient (Wildman–Crippen LogP) is 2.18. The second-order valence-electron chi connectivity index (χ2n) is 3.70. The van der Waals surface area contributed by atoms with E-state index in [0.29, 0.717) is 0 Å². The standard InChI is InChI=1S/C11H12O2/c1-7-3-2-4-8(5-7)9-6-10(9)11(12)13/h2-5,9-10H,6H2,1H3,(H,12,13)/t9?,10-/m0/s1. The van der Waals surface area contributed by atoms with E-state index in [4.69, 9.17) is 5.11 Å². The largest absolute Gasteiger partial charge is 0.481 e. The molecular formula is C11H12O2. The number of carboxylic acids is 1. The quantitative estimate of drug-likeness (QED) is 0.749. The minimum absolute atomic E-state index is 0.137. The van der Waals surface area contributed by atoms with Crippen molar-refractivity contribution >= 4 is 5.97 Å². The lowest BCUT2D eigenvalue weighted by atomic mass is 10.1. The smallest absolute Gasteiger partial charge is 0.307 e. The Hall–Kier alpha value is -1.31. The molecule has 0 amide bonds. The Morgan fingerprint density at radius 3 is 2.85 bits per heavy atom. The molecule has 1 fully saturated rings. The van der Waals surface area contributed by atoms with Crippen LogP contribution in [0.25, 0.3) is 0 Å². The molecule has 1 aromatic rings. The van der Waals surface area contributed by atoms with E-state index >= 15 is 0 Å². The van der Waals surface area contributed by atoms with Crippen molar-refractivity contribution in [1.29, 1.82) is 0 Å². The second kappa shape index (κ2) is 2.87. The maximum Gasteiger partial charge on any atom is 0.307 e. The molecule has 1 N–H and O–H groups in total. The van der Waals surface area contributed by atoms with Gasteiger partial charge in [0.1, 0.15) is 0 Å². The molecule has 0 heterocycles. The van der Waals surface area contributed by atoms with Gasteiger partial charge in [0.25, 0.3) is 0 Å². The molecule has 1 aromatic carbocycles. The van der Waals surface area contributed by atoms with Gasteiger partial charge >= 0.3 is 5.97 Å². The molecule has 2 atom stereocenters. The zero-order chi connectivity index (χ0) is 9.42. The lowest BCUT2D eigenvalue weighted by Gasteiger charge is -1.99. The lowest BCUT2D eigenvalue weighted by Crippen LogP contribution is -1.98. The Bertz CT molecular complexity index is 344. The summed E-state index contributed by atoms with van der Waals surface area (Å²) >= 11 is 0. The normalized spacial score (nSPS) is 25.6. The second-order valence-corrected chi connectivity index (χ2v) is 3.70. The molecule has 2 heteroatoms. The zero-order valence-electron chi connectivity index (χ0n) is 7.53. The third kappa shape index (κ3) is 1.57. The van der Waals surface area contributed by atoms with Crippen molar-refractivity contribution in [2.45, 2.75) is 19.3 Å². The number of hydrogen-bond acceptors (Lipinski definition) is 1. The molecule has 2 nitrogen and oxygen atoms in total. The van der Waals surface area contributed by atoms with Crippen molar-refractivity contribution < 1.29 is 9.90 Å². The topological polar surface area (TPSA) is 37.3 Å². The van der Waals surface area contributed by atoms with Crippen molar-refractivity contribution in [1.82, 2.24) is 0 Å². The highest BCUT2D eigenvalue weighted by Crippen LogP contribution is 2.47. The van der Waals surface area contributed by atoms with Gasteiger partial charge in [-0.15, -0.1) is 0 Å². The van der Waals surface area contributed by atoms with Crippen LogP contribution in [-0.2, 0) is 4.79 Å². The van der Waals surface area contributed by atoms with E-state index in [9.17, 15) is 4.79 Å². The van der Waals surface area contributed by atoms with Gasteiger partial charge in [0.2, 0.25) is 0 Å². The first kappa shape index (κ1) is 8.30. The van der Waals surface area contributed by atoms with E-state index in [2.05, 4.69) is 6.07 Å². The van der Waals surface area contributed by atoms with Crippen molar-refractivity contribution in [3.05, 3.63) is 35.4 Å². The number of benzene rings is 1.